The summed E-state index contributed by atoms with van der Waals surface area (Å²) in [6.45, 7) is 4.48. The number of nitrogens with zero attached hydrogens (tertiary/aromatic N) is 2. The zero-order valence-electron chi connectivity index (χ0n) is 9.32. The monoisotopic (exact) mass is 234 g/mol. The van der Waals surface area contributed by atoms with Crippen LogP contribution in [0, 0.1) is 13.8 Å². The molecule has 2 heterocycles. The fourth-order valence-electron chi connectivity index (χ4n) is 1.57. The topological polar surface area (TPSA) is 67.6 Å². The van der Waals surface area contributed by atoms with Gasteiger partial charge in [-0.15, -0.1) is 0 Å². The van der Waals surface area contributed by atoms with E-state index in [1.807, 2.05) is 26.1 Å². The van der Waals surface area contributed by atoms with Gasteiger partial charge in [0.15, 0.2) is 5.16 Å². The van der Waals surface area contributed by atoms with Crippen molar-refractivity contribution >= 4 is 11.8 Å². The molecule has 2 aromatic heterocycles. The second kappa shape index (κ2) is 4.67. The quantitative estimate of drug-likeness (QED) is 0.852. The standard InChI is InChI=1S/C11H14N4S/c1-7-5-10(9(6-12)8(2)15-7)16-11-13-3-4-14-11/h3-5H,6,12H2,1-2H3,(H,13,14). The molecule has 0 spiro atoms. The third-order valence-electron chi connectivity index (χ3n) is 2.30. The van der Waals surface area contributed by atoms with Gasteiger partial charge in [0.05, 0.1) is 0 Å². The molecule has 5 heteroatoms. The Morgan fingerprint density at radius 2 is 2.25 bits per heavy atom. The minimum absolute atomic E-state index is 0.502. The van der Waals surface area contributed by atoms with Crippen molar-refractivity contribution in [1.29, 1.82) is 0 Å². The van der Waals surface area contributed by atoms with Gasteiger partial charge in [-0.05, 0) is 19.9 Å². The number of H-pyrrole nitrogens is 1. The van der Waals surface area contributed by atoms with Crippen molar-refractivity contribution < 1.29 is 0 Å². The van der Waals surface area contributed by atoms with Crippen LogP contribution >= 0.6 is 11.8 Å². The van der Waals surface area contributed by atoms with Gasteiger partial charge in [0.2, 0.25) is 0 Å². The molecule has 0 saturated heterocycles. The molecule has 0 amide bonds. The Kier molecular flexibility index (Phi) is 3.26. The molecule has 0 aromatic carbocycles. The minimum atomic E-state index is 0.502. The van der Waals surface area contributed by atoms with Gasteiger partial charge < -0.3 is 10.7 Å². The summed E-state index contributed by atoms with van der Waals surface area (Å²) in [6, 6.07) is 2.04. The van der Waals surface area contributed by atoms with Crippen LogP contribution < -0.4 is 5.73 Å². The number of aromatic amines is 1. The molecule has 0 saturated carbocycles. The van der Waals surface area contributed by atoms with E-state index >= 15 is 0 Å². The molecule has 0 aliphatic rings. The van der Waals surface area contributed by atoms with Gasteiger partial charge in [0.1, 0.15) is 0 Å². The Morgan fingerprint density at radius 1 is 1.44 bits per heavy atom. The number of pyridine rings is 1. The van der Waals surface area contributed by atoms with Crippen LogP contribution in [-0.2, 0) is 6.54 Å². The van der Waals surface area contributed by atoms with Gasteiger partial charge in [-0.1, -0.05) is 11.8 Å². The number of hydrogen-bond donors (Lipinski definition) is 2. The summed E-state index contributed by atoms with van der Waals surface area (Å²) in [7, 11) is 0. The van der Waals surface area contributed by atoms with Crippen LogP contribution in [0.25, 0.3) is 0 Å². The molecule has 2 rings (SSSR count). The lowest BCUT2D eigenvalue weighted by Gasteiger charge is -2.09. The third-order valence-corrected chi connectivity index (χ3v) is 3.30. The molecule has 4 nitrogen and oxygen atoms in total. The fourth-order valence-corrected chi connectivity index (χ4v) is 2.60. The van der Waals surface area contributed by atoms with Crippen molar-refractivity contribution in [2.24, 2.45) is 5.73 Å². The van der Waals surface area contributed by atoms with Crippen molar-refractivity contribution in [1.82, 2.24) is 15.0 Å². The van der Waals surface area contributed by atoms with Crippen LogP contribution in [-0.4, -0.2) is 15.0 Å². The number of rotatable bonds is 3. The highest BCUT2D eigenvalue weighted by atomic mass is 32.2. The molecule has 84 valence electrons. The molecule has 0 unspecified atom stereocenters. The molecule has 16 heavy (non-hydrogen) atoms. The molecule has 0 fully saturated rings. The average molecular weight is 234 g/mol. The van der Waals surface area contributed by atoms with E-state index in [1.165, 1.54) is 0 Å². The van der Waals surface area contributed by atoms with Crippen molar-refractivity contribution in [2.75, 3.05) is 0 Å². The highest BCUT2D eigenvalue weighted by molar-refractivity contribution is 7.99. The maximum atomic E-state index is 5.75. The van der Waals surface area contributed by atoms with E-state index in [2.05, 4.69) is 15.0 Å². The van der Waals surface area contributed by atoms with Gasteiger partial charge in [-0.2, -0.15) is 0 Å². The Labute approximate surface area is 98.7 Å². The van der Waals surface area contributed by atoms with E-state index in [-0.39, 0.29) is 0 Å². The molecular weight excluding hydrogens is 220 g/mol. The van der Waals surface area contributed by atoms with Gasteiger partial charge in [0.25, 0.3) is 0 Å². The van der Waals surface area contributed by atoms with Crippen LogP contribution in [0.5, 0.6) is 0 Å². The maximum absolute atomic E-state index is 5.75. The number of nitrogens with two attached hydrogens (primary N) is 1. The van der Waals surface area contributed by atoms with Crippen LogP contribution in [0.2, 0.25) is 0 Å². The predicted octanol–water partition coefficient (Wildman–Crippen LogP) is 2.03. The summed E-state index contributed by atoms with van der Waals surface area (Å²) in [5.74, 6) is 0. The Morgan fingerprint density at radius 3 is 2.88 bits per heavy atom. The first-order valence-corrected chi connectivity index (χ1v) is 5.86. The highest BCUT2D eigenvalue weighted by Gasteiger charge is 2.09. The second-order valence-electron chi connectivity index (χ2n) is 3.53. The average Bonchev–Trinajstić information content (AvgIpc) is 2.70. The first-order chi connectivity index (χ1) is 7.70. The molecule has 0 bridgehead atoms. The van der Waals surface area contributed by atoms with Crippen molar-refractivity contribution in [3.05, 3.63) is 35.4 Å². The zero-order valence-corrected chi connectivity index (χ0v) is 10.1. The SMILES string of the molecule is Cc1cc(Sc2ncc[nH]2)c(CN)c(C)n1. The highest BCUT2D eigenvalue weighted by Crippen LogP contribution is 2.29. The number of imidazole rings is 1. The lowest BCUT2D eigenvalue weighted by atomic mass is 10.2. The number of aromatic nitrogens is 3. The van der Waals surface area contributed by atoms with Gasteiger partial charge in [-0.3, -0.25) is 4.98 Å². The molecule has 2 aromatic rings. The van der Waals surface area contributed by atoms with Crippen LogP contribution in [0.15, 0.2) is 28.5 Å². The smallest absolute Gasteiger partial charge is 0.170 e. The van der Waals surface area contributed by atoms with Crippen LogP contribution in [0.3, 0.4) is 0 Å². The minimum Gasteiger partial charge on any atom is -0.339 e. The summed E-state index contributed by atoms with van der Waals surface area (Å²) in [5, 5.41) is 0.875. The summed E-state index contributed by atoms with van der Waals surface area (Å²) in [5.41, 5.74) is 8.84. The molecule has 0 radical (unpaired) electrons. The largest absolute Gasteiger partial charge is 0.339 e. The number of aryl methyl sites for hydroxylation is 2. The van der Waals surface area contributed by atoms with Crippen molar-refractivity contribution in [3.8, 4) is 0 Å². The van der Waals surface area contributed by atoms with E-state index in [1.54, 1.807) is 18.0 Å². The molecular formula is C11H14N4S. The van der Waals surface area contributed by atoms with Crippen LogP contribution in [0.4, 0.5) is 0 Å². The Hall–Kier alpha value is -1.33. The van der Waals surface area contributed by atoms with Crippen LogP contribution in [0.1, 0.15) is 17.0 Å². The lowest BCUT2D eigenvalue weighted by molar-refractivity contribution is 0.940. The Bertz CT molecular complexity index is 479. The van der Waals surface area contributed by atoms with E-state index in [0.717, 1.165) is 27.0 Å². The summed E-state index contributed by atoms with van der Waals surface area (Å²) >= 11 is 1.59. The molecule has 0 aliphatic heterocycles. The zero-order chi connectivity index (χ0) is 11.5. The number of hydrogen-bond acceptors (Lipinski definition) is 4. The molecule has 3 N–H and O–H groups in total. The summed E-state index contributed by atoms with van der Waals surface area (Å²) in [4.78, 5) is 12.8. The first kappa shape index (κ1) is 11.2. The van der Waals surface area contributed by atoms with E-state index < -0.39 is 0 Å². The second-order valence-corrected chi connectivity index (χ2v) is 4.56. The predicted molar refractivity (Wildman–Crippen MR) is 64.3 cm³/mol. The van der Waals surface area contributed by atoms with E-state index in [0.29, 0.717) is 6.54 Å². The molecule has 0 atom stereocenters. The maximum Gasteiger partial charge on any atom is 0.170 e. The number of nitrogens with one attached hydrogen (secondary N) is 1. The fraction of sp³-hybridized carbons (Fsp3) is 0.273. The summed E-state index contributed by atoms with van der Waals surface area (Å²) < 4.78 is 0. The summed E-state index contributed by atoms with van der Waals surface area (Å²) in [6.07, 6.45) is 3.55. The van der Waals surface area contributed by atoms with E-state index in [9.17, 15) is 0 Å². The Balaban J connectivity index is 2.39. The van der Waals surface area contributed by atoms with Gasteiger partial charge in [0, 0.05) is 40.8 Å². The third kappa shape index (κ3) is 2.25. The van der Waals surface area contributed by atoms with Gasteiger partial charge >= 0.3 is 0 Å². The lowest BCUT2D eigenvalue weighted by Crippen LogP contribution is -2.04. The normalized spacial score (nSPS) is 10.7. The van der Waals surface area contributed by atoms with Crippen molar-refractivity contribution in [3.63, 3.8) is 0 Å². The first-order valence-electron chi connectivity index (χ1n) is 5.05. The van der Waals surface area contributed by atoms with Gasteiger partial charge in [-0.25, -0.2) is 4.98 Å². The van der Waals surface area contributed by atoms with E-state index in [4.69, 9.17) is 5.73 Å². The van der Waals surface area contributed by atoms with Crippen molar-refractivity contribution in [2.45, 2.75) is 30.4 Å². The molecule has 0 aliphatic carbocycles.